The van der Waals surface area contributed by atoms with Crippen molar-refractivity contribution in [1.82, 2.24) is 14.7 Å². The highest BCUT2D eigenvalue weighted by Gasteiger charge is 2.35. The van der Waals surface area contributed by atoms with E-state index in [2.05, 4.69) is 28.7 Å². The number of nitrogens with two attached hydrogens (primary N) is 1. The van der Waals surface area contributed by atoms with Crippen molar-refractivity contribution < 1.29 is 0 Å². The zero-order valence-electron chi connectivity index (χ0n) is 13.3. The van der Waals surface area contributed by atoms with E-state index >= 15 is 0 Å². The van der Waals surface area contributed by atoms with Crippen molar-refractivity contribution in [1.29, 1.82) is 0 Å². The van der Waals surface area contributed by atoms with E-state index in [0.717, 1.165) is 18.1 Å². The van der Waals surface area contributed by atoms with Crippen LogP contribution in [-0.2, 0) is 0 Å². The van der Waals surface area contributed by atoms with Crippen molar-refractivity contribution in [3.05, 3.63) is 0 Å². The first-order chi connectivity index (χ1) is 9.63. The van der Waals surface area contributed by atoms with Crippen LogP contribution < -0.4 is 5.73 Å². The van der Waals surface area contributed by atoms with Gasteiger partial charge in [0.1, 0.15) is 0 Å². The van der Waals surface area contributed by atoms with Crippen molar-refractivity contribution in [2.24, 2.45) is 5.73 Å². The largest absolute Gasteiger partial charge is 0.328 e. The molecule has 4 nitrogen and oxygen atoms in total. The molecule has 3 aliphatic rings. The number of rotatable bonds is 2. The molecule has 4 heteroatoms. The van der Waals surface area contributed by atoms with Gasteiger partial charge in [-0.2, -0.15) is 0 Å². The molecular weight excluding hydrogens is 248 g/mol. The van der Waals surface area contributed by atoms with Crippen molar-refractivity contribution in [3.8, 4) is 0 Å². The summed E-state index contributed by atoms with van der Waals surface area (Å²) >= 11 is 0. The molecule has 20 heavy (non-hydrogen) atoms. The number of likely N-dealkylation sites (tertiary alicyclic amines) is 3. The molecule has 3 fully saturated rings. The highest BCUT2D eigenvalue weighted by molar-refractivity contribution is 4.92. The molecule has 116 valence electrons. The summed E-state index contributed by atoms with van der Waals surface area (Å²) in [7, 11) is 2.27. The van der Waals surface area contributed by atoms with Crippen LogP contribution in [0.15, 0.2) is 0 Å². The number of hydrogen-bond acceptors (Lipinski definition) is 4. The Bertz CT molecular complexity index is 314. The fourth-order valence-electron chi connectivity index (χ4n) is 4.28. The Hall–Kier alpha value is -0.160. The zero-order valence-corrected chi connectivity index (χ0v) is 13.3. The van der Waals surface area contributed by atoms with Crippen LogP contribution in [0.25, 0.3) is 0 Å². The van der Waals surface area contributed by atoms with Gasteiger partial charge in [-0.1, -0.05) is 0 Å². The third-order valence-electron chi connectivity index (χ3n) is 5.98. The number of piperidine rings is 2. The van der Waals surface area contributed by atoms with E-state index in [0.29, 0.717) is 6.04 Å². The van der Waals surface area contributed by atoms with Gasteiger partial charge in [0.25, 0.3) is 0 Å². The monoisotopic (exact) mass is 280 g/mol. The van der Waals surface area contributed by atoms with Gasteiger partial charge in [0, 0.05) is 37.3 Å². The minimum absolute atomic E-state index is 0.457. The lowest BCUT2D eigenvalue weighted by Crippen LogP contribution is -2.49. The maximum absolute atomic E-state index is 6.03. The first-order valence-electron chi connectivity index (χ1n) is 8.57. The summed E-state index contributed by atoms with van der Waals surface area (Å²) in [5.74, 6) is 0. The molecule has 3 rings (SSSR count). The molecule has 0 amide bonds. The van der Waals surface area contributed by atoms with E-state index in [-0.39, 0.29) is 0 Å². The predicted octanol–water partition coefficient (Wildman–Crippen LogP) is 0.967. The minimum atomic E-state index is 0.457. The molecule has 0 radical (unpaired) electrons. The third kappa shape index (κ3) is 3.19. The molecule has 3 heterocycles. The number of hydrogen-bond donors (Lipinski definition) is 1. The molecule has 0 saturated carbocycles. The smallest absolute Gasteiger partial charge is 0.0235 e. The Morgan fingerprint density at radius 3 is 2.20 bits per heavy atom. The summed E-state index contributed by atoms with van der Waals surface area (Å²) in [4.78, 5) is 8.00. The highest BCUT2D eigenvalue weighted by Crippen LogP contribution is 2.27. The van der Waals surface area contributed by atoms with Crippen LogP contribution >= 0.6 is 0 Å². The Morgan fingerprint density at radius 2 is 1.50 bits per heavy atom. The van der Waals surface area contributed by atoms with Gasteiger partial charge < -0.3 is 10.6 Å². The van der Waals surface area contributed by atoms with E-state index in [4.69, 9.17) is 5.73 Å². The van der Waals surface area contributed by atoms with Crippen molar-refractivity contribution in [3.63, 3.8) is 0 Å². The molecule has 3 atom stereocenters. The molecule has 0 aliphatic carbocycles. The SMILES string of the molecule is CC1CC(N2CCC(N3CCC(N)CC3)C2)CCN1C. The Morgan fingerprint density at radius 1 is 0.850 bits per heavy atom. The van der Waals surface area contributed by atoms with Gasteiger partial charge >= 0.3 is 0 Å². The summed E-state index contributed by atoms with van der Waals surface area (Å²) in [6.45, 7) is 8.72. The van der Waals surface area contributed by atoms with Crippen LogP contribution in [0.4, 0.5) is 0 Å². The lowest BCUT2D eigenvalue weighted by atomic mass is 9.98. The van der Waals surface area contributed by atoms with Crippen LogP contribution in [0.2, 0.25) is 0 Å². The minimum Gasteiger partial charge on any atom is -0.328 e. The van der Waals surface area contributed by atoms with E-state index in [1.54, 1.807) is 0 Å². The van der Waals surface area contributed by atoms with E-state index < -0.39 is 0 Å². The van der Waals surface area contributed by atoms with Gasteiger partial charge in [0.2, 0.25) is 0 Å². The van der Waals surface area contributed by atoms with E-state index in [1.165, 1.54) is 64.8 Å². The maximum atomic E-state index is 6.03. The molecule has 3 unspecified atom stereocenters. The fourth-order valence-corrected chi connectivity index (χ4v) is 4.28. The zero-order chi connectivity index (χ0) is 14.1. The summed E-state index contributed by atoms with van der Waals surface area (Å²) < 4.78 is 0. The molecule has 0 spiro atoms. The van der Waals surface area contributed by atoms with Gasteiger partial charge in [-0.15, -0.1) is 0 Å². The Kier molecular flexibility index (Phi) is 4.65. The molecule has 2 N–H and O–H groups in total. The molecule has 3 aliphatic heterocycles. The van der Waals surface area contributed by atoms with Crippen LogP contribution in [0, 0.1) is 0 Å². The summed E-state index contributed by atoms with van der Waals surface area (Å²) in [5, 5.41) is 0. The van der Waals surface area contributed by atoms with Crippen LogP contribution in [0.1, 0.15) is 39.0 Å². The maximum Gasteiger partial charge on any atom is 0.0235 e. The van der Waals surface area contributed by atoms with Gasteiger partial charge in [-0.25, -0.2) is 0 Å². The van der Waals surface area contributed by atoms with E-state index in [1.807, 2.05) is 0 Å². The van der Waals surface area contributed by atoms with Gasteiger partial charge in [0.05, 0.1) is 0 Å². The standard InChI is InChI=1S/C16H32N4/c1-13-11-15(5-7-18(13)2)20-10-6-16(12-20)19-8-3-14(17)4-9-19/h13-16H,3-12,17H2,1-2H3. The second-order valence-corrected chi connectivity index (χ2v) is 7.32. The molecule has 3 saturated heterocycles. The first kappa shape index (κ1) is 14.8. The molecule has 0 aromatic rings. The summed E-state index contributed by atoms with van der Waals surface area (Å²) in [5.41, 5.74) is 6.03. The Labute approximate surface area is 124 Å². The highest BCUT2D eigenvalue weighted by atomic mass is 15.3. The number of nitrogens with zero attached hydrogens (tertiary/aromatic N) is 3. The predicted molar refractivity (Wildman–Crippen MR) is 83.9 cm³/mol. The van der Waals surface area contributed by atoms with Crippen molar-refractivity contribution >= 4 is 0 Å². The summed E-state index contributed by atoms with van der Waals surface area (Å²) in [6, 6.07) is 2.84. The molecule has 0 aromatic heterocycles. The van der Waals surface area contributed by atoms with Crippen molar-refractivity contribution in [2.45, 2.75) is 63.2 Å². The van der Waals surface area contributed by atoms with Gasteiger partial charge in [-0.05, 0) is 65.7 Å². The second kappa shape index (κ2) is 6.30. The van der Waals surface area contributed by atoms with Crippen LogP contribution in [0.5, 0.6) is 0 Å². The van der Waals surface area contributed by atoms with Gasteiger partial charge in [-0.3, -0.25) is 9.80 Å². The topological polar surface area (TPSA) is 35.7 Å². The lowest BCUT2D eigenvalue weighted by molar-refractivity contribution is 0.0918. The van der Waals surface area contributed by atoms with Gasteiger partial charge in [0.15, 0.2) is 0 Å². The first-order valence-corrected chi connectivity index (χ1v) is 8.57. The van der Waals surface area contributed by atoms with Crippen LogP contribution in [-0.4, -0.2) is 78.6 Å². The quantitative estimate of drug-likeness (QED) is 0.817. The average molecular weight is 280 g/mol. The van der Waals surface area contributed by atoms with E-state index in [9.17, 15) is 0 Å². The lowest BCUT2D eigenvalue weighted by Gasteiger charge is -2.40. The van der Waals surface area contributed by atoms with Crippen molar-refractivity contribution in [2.75, 3.05) is 39.8 Å². The second-order valence-electron chi connectivity index (χ2n) is 7.32. The summed E-state index contributed by atoms with van der Waals surface area (Å²) in [6.07, 6.45) is 6.48. The molecular formula is C16H32N4. The normalized spacial score (nSPS) is 39.5. The average Bonchev–Trinajstić information content (AvgIpc) is 2.92. The molecule has 0 aromatic carbocycles. The van der Waals surface area contributed by atoms with Crippen LogP contribution in [0.3, 0.4) is 0 Å². The third-order valence-corrected chi connectivity index (χ3v) is 5.98. The Balaban J connectivity index is 1.49. The fraction of sp³-hybridized carbons (Fsp3) is 1.00. The molecule has 0 bridgehead atoms.